The summed E-state index contributed by atoms with van der Waals surface area (Å²) in [5.41, 5.74) is 7.46. The molecular weight excluding hydrogens is 215 g/mol. The Balaban J connectivity index is 1.87. The van der Waals surface area contributed by atoms with Crippen LogP contribution in [0.1, 0.15) is 25.0 Å². The molecule has 0 radical (unpaired) electrons. The first-order valence-corrected chi connectivity index (χ1v) is 5.99. The number of hydrogen-bond acceptors (Lipinski definition) is 2. The third-order valence-corrected chi connectivity index (χ3v) is 3.50. The molecule has 0 aliphatic heterocycles. The van der Waals surface area contributed by atoms with Crippen LogP contribution in [-0.4, -0.2) is 10.5 Å². The first-order valence-electron chi connectivity index (χ1n) is 5.99. The molecule has 1 aromatic carbocycles. The van der Waals surface area contributed by atoms with E-state index in [1.165, 1.54) is 6.07 Å². The fourth-order valence-corrected chi connectivity index (χ4v) is 2.08. The topological polar surface area (TPSA) is 38.9 Å². The number of nitrogens with zero attached hydrogens (tertiary/aromatic N) is 1. The van der Waals surface area contributed by atoms with Crippen LogP contribution in [0.15, 0.2) is 30.3 Å². The summed E-state index contributed by atoms with van der Waals surface area (Å²) in [5, 5.41) is 0.850. The van der Waals surface area contributed by atoms with Crippen molar-refractivity contribution >= 4 is 10.9 Å². The van der Waals surface area contributed by atoms with Gasteiger partial charge in [0, 0.05) is 16.6 Å². The molecule has 2 N–H and O–H groups in total. The molecule has 0 amide bonds. The molecule has 2 aromatic rings. The molecule has 3 heteroatoms. The second-order valence-electron chi connectivity index (χ2n) is 4.98. The van der Waals surface area contributed by atoms with E-state index in [1.54, 1.807) is 6.07 Å². The van der Waals surface area contributed by atoms with E-state index in [4.69, 9.17) is 5.73 Å². The molecule has 1 heterocycles. The Bertz CT molecular complexity index is 561. The van der Waals surface area contributed by atoms with Crippen LogP contribution < -0.4 is 5.73 Å². The molecular formula is C14H15FN2. The highest BCUT2D eigenvalue weighted by Crippen LogP contribution is 2.36. The zero-order valence-electron chi connectivity index (χ0n) is 9.62. The van der Waals surface area contributed by atoms with Gasteiger partial charge in [-0.1, -0.05) is 18.2 Å². The van der Waals surface area contributed by atoms with Crippen molar-refractivity contribution in [1.82, 2.24) is 4.98 Å². The Morgan fingerprint density at radius 1 is 1.24 bits per heavy atom. The molecule has 88 valence electrons. The summed E-state index contributed by atoms with van der Waals surface area (Å²) in [6.07, 6.45) is 3.99. The fraction of sp³-hybridized carbons (Fsp3) is 0.357. The summed E-state index contributed by atoms with van der Waals surface area (Å²) in [4.78, 5) is 4.38. The number of aromatic nitrogens is 1. The van der Waals surface area contributed by atoms with Gasteiger partial charge >= 0.3 is 0 Å². The van der Waals surface area contributed by atoms with Crippen LogP contribution in [0.25, 0.3) is 10.9 Å². The first-order chi connectivity index (χ1) is 8.16. The average molecular weight is 230 g/mol. The molecule has 0 spiro atoms. The lowest BCUT2D eigenvalue weighted by Gasteiger charge is -2.08. The van der Waals surface area contributed by atoms with Crippen molar-refractivity contribution in [3.05, 3.63) is 41.8 Å². The van der Waals surface area contributed by atoms with Gasteiger partial charge in [-0.3, -0.25) is 0 Å². The van der Waals surface area contributed by atoms with Crippen molar-refractivity contribution in [3.63, 3.8) is 0 Å². The molecule has 1 aromatic heterocycles. The van der Waals surface area contributed by atoms with Crippen LogP contribution in [0.3, 0.4) is 0 Å². The van der Waals surface area contributed by atoms with Crippen molar-refractivity contribution in [1.29, 1.82) is 0 Å². The van der Waals surface area contributed by atoms with Gasteiger partial charge in [0.15, 0.2) is 0 Å². The van der Waals surface area contributed by atoms with Crippen LogP contribution in [0, 0.1) is 5.82 Å². The Labute approximate surface area is 99.7 Å². The molecule has 0 atom stereocenters. The Kier molecular flexibility index (Phi) is 2.37. The van der Waals surface area contributed by atoms with Gasteiger partial charge in [0.25, 0.3) is 0 Å². The van der Waals surface area contributed by atoms with Crippen molar-refractivity contribution in [2.45, 2.75) is 31.2 Å². The smallest absolute Gasteiger partial charge is 0.149 e. The second kappa shape index (κ2) is 3.77. The maximum atomic E-state index is 13.6. The molecule has 1 saturated carbocycles. The number of aryl methyl sites for hydroxylation is 1. The number of halogens is 1. The van der Waals surface area contributed by atoms with Crippen LogP contribution >= 0.6 is 0 Å². The largest absolute Gasteiger partial charge is 0.325 e. The highest BCUT2D eigenvalue weighted by Gasteiger charge is 2.37. The second-order valence-corrected chi connectivity index (χ2v) is 4.98. The van der Waals surface area contributed by atoms with E-state index in [-0.39, 0.29) is 11.4 Å². The minimum absolute atomic E-state index is 0.0336. The van der Waals surface area contributed by atoms with E-state index >= 15 is 0 Å². The van der Waals surface area contributed by atoms with E-state index in [9.17, 15) is 4.39 Å². The molecule has 1 aliphatic carbocycles. The van der Waals surface area contributed by atoms with Gasteiger partial charge in [-0.25, -0.2) is 9.37 Å². The van der Waals surface area contributed by atoms with Crippen LogP contribution in [0.5, 0.6) is 0 Å². The van der Waals surface area contributed by atoms with Crippen LogP contribution in [0.4, 0.5) is 4.39 Å². The number of hydrogen-bond donors (Lipinski definition) is 1. The van der Waals surface area contributed by atoms with E-state index < -0.39 is 0 Å². The normalized spacial score (nSPS) is 17.3. The molecule has 0 bridgehead atoms. The standard InChI is InChI=1S/C14H15FN2/c15-12-3-1-2-10-4-5-11(17-13(10)12)6-7-14(16)8-9-14/h1-5H,6-9,16H2. The number of benzene rings is 1. The Morgan fingerprint density at radius 3 is 2.82 bits per heavy atom. The number of nitrogens with two attached hydrogens (primary N) is 1. The van der Waals surface area contributed by atoms with E-state index in [1.807, 2.05) is 18.2 Å². The van der Waals surface area contributed by atoms with Gasteiger partial charge in [0.2, 0.25) is 0 Å². The summed E-state index contributed by atoms with van der Waals surface area (Å²) in [5.74, 6) is -0.252. The van der Waals surface area contributed by atoms with Gasteiger partial charge in [0.1, 0.15) is 11.3 Å². The lowest BCUT2D eigenvalue weighted by atomic mass is 10.1. The maximum absolute atomic E-state index is 13.6. The van der Waals surface area contributed by atoms with Crippen molar-refractivity contribution < 1.29 is 4.39 Å². The minimum Gasteiger partial charge on any atom is -0.325 e. The fourth-order valence-electron chi connectivity index (χ4n) is 2.08. The molecule has 17 heavy (non-hydrogen) atoms. The lowest BCUT2D eigenvalue weighted by molar-refractivity contribution is 0.602. The highest BCUT2D eigenvalue weighted by atomic mass is 19.1. The van der Waals surface area contributed by atoms with E-state index in [0.717, 1.165) is 36.8 Å². The lowest BCUT2D eigenvalue weighted by Crippen LogP contribution is -2.22. The van der Waals surface area contributed by atoms with Crippen molar-refractivity contribution in [3.8, 4) is 0 Å². The van der Waals surface area contributed by atoms with Gasteiger partial charge in [-0.2, -0.15) is 0 Å². The molecule has 1 aliphatic rings. The maximum Gasteiger partial charge on any atom is 0.149 e. The predicted molar refractivity (Wildman–Crippen MR) is 66.2 cm³/mol. The number of para-hydroxylation sites is 1. The molecule has 0 saturated heterocycles. The minimum atomic E-state index is -0.252. The van der Waals surface area contributed by atoms with Crippen molar-refractivity contribution in [2.75, 3.05) is 0 Å². The zero-order valence-corrected chi connectivity index (χ0v) is 9.62. The Hall–Kier alpha value is -1.48. The summed E-state index contributed by atoms with van der Waals surface area (Å²) in [6, 6.07) is 8.92. The van der Waals surface area contributed by atoms with Gasteiger partial charge < -0.3 is 5.73 Å². The van der Waals surface area contributed by atoms with Crippen molar-refractivity contribution in [2.24, 2.45) is 5.73 Å². The van der Waals surface area contributed by atoms with Gasteiger partial charge in [-0.05, 0) is 37.8 Å². The quantitative estimate of drug-likeness (QED) is 0.880. The summed E-state index contributed by atoms with van der Waals surface area (Å²) in [7, 11) is 0. The molecule has 1 fully saturated rings. The number of fused-ring (bicyclic) bond motifs is 1. The highest BCUT2D eigenvalue weighted by molar-refractivity contribution is 5.79. The van der Waals surface area contributed by atoms with Crippen LogP contribution in [0.2, 0.25) is 0 Å². The zero-order chi connectivity index (χ0) is 11.9. The summed E-state index contributed by atoms with van der Waals surface area (Å²) < 4.78 is 13.6. The number of rotatable bonds is 3. The van der Waals surface area contributed by atoms with Crippen LogP contribution in [-0.2, 0) is 6.42 Å². The van der Waals surface area contributed by atoms with Gasteiger partial charge in [-0.15, -0.1) is 0 Å². The number of pyridine rings is 1. The first kappa shape index (κ1) is 10.7. The third kappa shape index (κ3) is 2.15. The average Bonchev–Trinajstić information content (AvgIpc) is 3.06. The SMILES string of the molecule is NC1(CCc2ccc3cccc(F)c3n2)CC1. The third-order valence-electron chi connectivity index (χ3n) is 3.50. The Morgan fingerprint density at radius 2 is 2.06 bits per heavy atom. The summed E-state index contributed by atoms with van der Waals surface area (Å²) >= 11 is 0. The molecule has 0 unspecified atom stereocenters. The van der Waals surface area contributed by atoms with Gasteiger partial charge in [0.05, 0.1) is 0 Å². The van der Waals surface area contributed by atoms with E-state index in [2.05, 4.69) is 4.98 Å². The molecule has 3 rings (SSSR count). The predicted octanol–water partition coefficient (Wildman–Crippen LogP) is 2.80. The molecule has 2 nitrogen and oxygen atoms in total. The monoisotopic (exact) mass is 230 g/mol. The summed E-state index contributed by atoms with van der Waals surface area (Å²) in [6.45, 7) is 0. The van der Waals surface area contributed by atoms with E-state index in [0.29, 0.717) is 5.52 Å².